The Morgan fingerprint density at radius 1 is 1.30 bits per heavy atom. The molecule has 1 aromatic rings. The summed E-state index contributed by atoms with van der Waals surface area (Å²) in [6.45, 7) is 4.48. The highest BCUT2D eigenvalue weighted by molar-refractivity contribution is 6.30. The first-order valence-electron chi connectivity index (χ1n) is 6.59. The minimum absolute atomic E-state index is 0.0516. The van der Waals surface area contributed by atoms with Gasteiger partial charge in [0.25, 0.3) is 11.8 Å². The Bertz CT molecular complexity index is 462. The van der Waals surface area contributed by atoms with Crippen LogP contribution in [0.1, 0.15) is 13.8 Å². The van der Waals surface area contributed by atoms with Crippen molar-refractivity contribution in [3.05, 3.63) is 29.3 Å². The van der Waals surface area contributed by atoms with E-state index in [0.29, 0.717) is 17.3 Å². The van der Waals surface area contributed by atoms with E-state index in [9.17, 15) is 9.59 Å². The van der Waals surface area contributed by atoms with Crippen molar-refractivity contribution >= 4 is 29.1 Å². The molecule has 3 N–H and O–H groups in total. The number of rotatable bonds is 6. The third-order valence-electron chi connectivity index (χ3n) is 3.05. The number of amides is 2. The van der Waals surface area contributed by atoms with E-state index < -0.39 is 0 Å². The van der Waals surface area contributed by atoms with Crippen LogP contribution in [0.5, 0.6) is 0 Å². The molecule has 1 aromatic carbocycles. The third kappa shape index (κ3) is 5.19. The standard InChI is InChI=1S/C14H20ClN3O2/c1-4-16-14(20)10(2)18(3)9-13(19)17-12-7-5-11(15)6-8-12/h5-8,10H,4,9H2,1-3H3,(H,16,20)(H,17,19)/p+1/t10-/m1/s1. The van der Waals surface area contributed by atoms with Crippen molar-refractivity contribution in [3.8, 4) is 0 Å². The second kappa shape index (κ2) is 7.87. The molecule has 0 heterocycles. The van der Waals surface area contributed by atoms with Gasteiger partial charge >= 0.3 is 0 Å². The summed E-state index contributed by atoms with van der Waals surface area (Å²) in [6.07, 6.45) is 0. The Balaban J connectivity index is 2.49. The number of hydrogen-bond acceptors (Lipinski definition) is 2. The summed E-state index contributed by atoms with van der Waals surface area (Å²) in [7, 11) is 1.82. The van der Waals surface area contributed by atoms with Crippen molar-refractivity contribution in [1.82, 2.24) is 5.32 Å². The van der Waals surface area contributed by atoms with E-state index >= 15 is 0 Å². The minimum atomic E-state index is -0.272. The molecule has 0 saturated carbocycles. The van der Waals surface area contributed by atoms with Gasteiger partial charge in [-0.3, -0.25) is 9.59 Å². The number of anilines is 1. The van der Waals surface area contributed by atoms with E-state index in [1.807, 2.05) is 14.0 Å². The van der Waals surface area contributed by atoms with Gasteiger partial charge in [-0.2, -0.15) is 0 Å². The molecule has 0 aliphatic carbocycles. The summed E-state index contributed by atoms with van der Waals surface area (Å²) < 4.78 is 0. The summed E-state index contributed by atoms with van der Waals surface area (Å²) >= 11 is 5.78. The quantitative estimate of drug-likeness (QED) is 0.708. The van der Waals surface area contributed by atoms with Gasteiger partial charge in [-0.05, 0) is 38.1 Å². The molecule has 1 rings (SSSR count). The molecule has 20 heavy (non-hydrogen) atoms. The lowest BCUT2D eigenvalue weighted by atomic mass is 10.2. The van der Waals surface area contributed by atoms with Gasteiger partial charge in [0.1, 0.15) is 0 Å². The van der Waals surface area contributed by atoms with Crippen molar-refractivity contribution < 1.29 is 14.5 Å². The largest absolute Gasteiger partial charge is 0.351 e. The highest BCUT2D eigenvalue weighted by Crippen LogP contribution is 2.12. The van der Waals surface area contributed by atoms with Crippen LogP contribution in [0.2, 0.25) is 5.02 Å². The normalized spacial score (nSPS) is 13.4. The zero-order valence-corrected chi connectivity index (χ0v) is 12.8. The average molecular weight is 299 g/mol. The molecule has 1 unspecified atom stereocenters. The molecule has 0 spiro atoms. The van der Waals surface area contributed by atoms with Gasteiger partial charge in [-0.25, -0.2) is 0 Å². The number of hydrogen-bond donors (Lipinski definition) is 3. The maximum absolute atomic E-state index is 11.9. The van der Waals surface area contributed by atoms with Crippen LogP contribution in [0.3, 0.4) is 0 Å². The van der Waals surface area contributed by atoms with Gasteiger partial charge in [-0.1, -0.05) is 11.6 Å². The van der Waals surface area contributed by atoms with E-state index in [1.54, 1.807) is 31.2 Å². The summed E-state index contributed by atoms with van der Waals surface area (Å²) in [5.41, 5.74) is 0.692. The van der Waals surface area contributed by atoms with Gasteiger partial charge in [0.2, 0.25) is 0 Å². The molecule has 5 nitrogen and oxygen atoms in total. The Kier molecular flexibility index (Phi) is 6.48. The van der Waals surface area contributed by atoms with Gasteiger partial charge < -0.3 is 15.5 Å². The number of carbonyl (C=O) groups excluding carboxylic acids is 2. The van der Waals surface area contributed by atoms with E-state index in [4.69, 9.17) is 11.6 Å². The van der Waals surface area contributed by atoms with Crippen molar-refractivity contribution in [1.29, 1.82) is 0 Å². The van der Waals surface area contributed by atoms with Crippen LogP contribution in [0.25, 0.3) is 0 Å². The molecule has 0 aliphatic rings. The van der Waals surface area contributed by atoms with Crippen LogP contribution in [0.4, 0.5) is 5.69 Å². The number of nitrogens with one attached hydrogen (secondary N) is 3. The van der Waals surface area contributed by atoms with Crippen molar-refractivity contribution in [2.24, 2.45) is 0 Å². The van der Waals surface area contributed by atoms with Gasteiger partial charge in [0, 0.05) is 17.3 Å². The van der Waals surface area contributed by atoms with Gasteiger partial charge in [0.05, 0.1) is 7.05 Å². The zero-order chi connectivity index (χ0) is 15.1. The highest BCUT2D eigenvalue weighted by atomic mass is 35.5. The Hall–Kier alpha value is -1.59. The number of benzene rings is 1. The van der Waals surface area contributed by atoms with Crippen LogP contribution < -0.4 is 15.5 Å². The molecular weight excluding hydrogens is 278 g/mol. The van der Waals surface area contributed by atoms with E-state index in [-0.39, 0.29) is 24.4 Å². The Morgan fingerprint density at radius 3 is 2.45 bits per heavy atom. The first kappa shape index (κ1) is 16.5. The highest BCUT2D eigenvalue weighted by Gasteiger charge is 2.23. The van der Waals surface area contributed by atoms with Crippen LogP contribution in [-0.4, -0.2) is 38.0 Å². The molecule has 0 saturated heterocycles. The maximum atomic E-state index is 11.9. The zero-order valence-electron chi connectivity index (χ0n) is 12.0. The first-order valence-corrected chi connectivity index (χ1v) is 6.97. The van der Waals surface area contributed by atoms with Gasteiger partial charge in [-0.15, -0.1) is 0 Å². The SMILES string of the molecule is CCNC(=O)[C@@H](C)[NH+](C)CC(=O)Nc1ccc(Cl)cc1. The molecule has 0 radical (unpaired) electrons. The van der Waals surface area contributed by atoms with E-state index in [1.165, 1.54) is 0 Å². The number of likely N-dealkylation sites (N-methyl/N-ethyl adjacent to an activating group) is 2. The maximum Gasteiger partial charge on any atom is 0.279 e. The second-order valence-corrected chi connectivity index (χ2v) is 5.13. The van der Waals surface area contributed by atoms with Crippen molar-refractivity contribution in [2.45, 2.75) is 19.9 Å². The summed E-state index contributed by atoms with van der Waals surface area (Å²) in [4.78, 5) is 24.4. The van der Waals surface area contributed by atoms with Crippen LogP contribution >= 0.6 is 11.6 Å². The van der Waals surface area contributed by atoms with Crippen molar-refractivity contribution in [2.75, 3.05) is 25.5 Å². The molecule has 2 atom stereocenters. The smallest absolute Gasteiger partial charge is 0.279 e. The van der Waals surface area contributed by atoms with Crippen LogP contribution in [-0.2, 0) is 9.59 Å². The molecule has 0 bridgehead atoms. The molecule has 0 aromatic heterocycles. The monoisotopic (exact) mass is 298 g/mol. The molecule has 2 amide bonds. The Labute approximate surface area is 124 Å². The fraction of sp³-hybridized carbons (Fsp3) is 0.429. The lowest BCUT2D eigenvalue weighted by molar-refractivity contribution is -0.885. The van der Waals surface area contributed by atoms with Gasteiger partial charge in [0.15, 0.2) is 12.6 Å². The van der Waals surface area contributed by atoms with Crippen LogP contribution in [0, 0.1) is 0 Å². The number of halogens is 1. The molecule has 110 valence electrons. The summed E-state index contributed by atoms with van der Waals surface area (Å²) in [6, 6.07) is 6.63. The fourth-order valence-electron chi connectivity index (χ4n) is 1.70. The lowest BCUT2D eigenvalue weighted by Gasteiger charge is -2.20. The second-order valence-electron chi connectivity index (χ2n) is 4.69. The predicted molar refractivity (Wildman–Crippen MR) is 80.0 cm³/mol. The number of carbonyl (C=O) groups is 2. The third-order valence-corrected chi connectivity index (χ3v) is 3.30. The molecule has 0 fully saturated rings. The molecule has 6 heteroatoms. The lowest BCUT2D eigenvalue weighted by Crippen LogP contribution is -3.15. The molecular formula is C14H21ClN3O2+. The molecule has 0 aliphatic heterocycles. The van der Waals surface area contributed by atoms with E-state index in [2.05, 4.69) is 10.6 Å². The minimum Gasteiger partial charge on any atom is -0.351 e. The van der Waals surface area contributed by atoms with E-state index in [0.717, 1.165) is 4.90 Å². The van der Waals surface area contributed by atoms with Crippen LogP contribution in [0.15, 0.2) is 24.3 Å². The Morgan fingerprint density at radius 2 is 1.90 bits per heavy atom. The first-order chi connectivity index (χ1) is 9.43. The summed E-state index contributed by atoms with van der Waals surface area (Å²) in [5.74, 6) is -0.190. The number of quaternary nitrogens is 1. The van der Waals surface area contributed by atoms with Crippen molar-refractivity contribution in [3.63, 3.8) is 0 Å². The summed E-state index contributed by atoms with van der Waals surface area (Å²) in [5, 5.41) is 6.15. The topological polar surface area (TPSA) is 62.6 Å². The average Bonchev–Trinajstić information content (AvgIpc) is 2.40. The predicted octanol–water partition coefficient (Wildman–Crippen LogP) is 0.318. The fourth-order valence-corrected chi connectivity index (χ4v) is 1.82.